The Hall–Kier alpha value is -2.07. The van der Waals surface area contributed by atoms with Gasteiger partial charge < -0.3 is 4.74 Å². The van der Waals surface area contributed by atoms with Crippen LogP contribution in [0.5, 0.6) is 5.75 Å². The summed E-state index contributed by atoms with van der Waals surface area (Å²) in [5, 5.41) is 11.3. The van der Waals surface area contributed by atoms with E-state index in [-0.39, 0.29) is 5.69 Å². The molecule has 0 unspecified atom stereocenters. The molecule has 0 aliphatic heterocycles. The van der Waals surface area contributed by atoms with E-state index >= 15 is 0 Å². The van der Waals surface area contributed by atoms with Crippen molar-refractivity contribution in [2.75, 3.05) is 7.11 Å². The van der Waals surface area contributed by atoms with Gasteiger partial charge in [0.25, 0.3) is 5.69 Å². The maximum Gasteiger partial charge on any atom is 0.273 e. The SMILES string of the molecule is COc1cc([N+](=O)[O-])ccc1-c1cccc(Cl)c1. The Morgan fingerprint density at radius 1 is 1.22 bits per heavy atom. The Morgan fingerprint density at radius 3 is 2.61 bits per heavy atom. The first-order chi connectivity index (χ1) is 8.61. The Bertz CT molecular complexity index is 599. The van der Waals surface area contributed by atoms with Crippen molar-refractivity contribution in [3.63, 3.8) is 0 Å². The first-order valence-electron chi connectivity index (χ1n) is 5.20. The molecule has 0 aromatic heterocycles. The van der Waals surface area contributed by atoms with Crippen LogP contribution in [0.4, 0.5) is 5.69 Å². The van der Waals surface area contributed by atoms with Crippen LogP contribution in [0, 0.1) is 10.1 Å². The van der Waals surface area contributed by atoms with E-state index in [9.17, 15) is 10.1 Å². The summed E-state index contributed by atoms with van der Waals surface area (Å²) in [6.45, 7) is 0. The van der Waals surface area contributed by atoms with Gasteiger partial charge in [-0.15, -0.1) is 0 Å². The van der Waals surface area contributed by atoms with Crippen molar-refractivity contribution in [2.45, 2.75) is 0 Å². The lowest BCUT2D eigenvalue weighted by Crippen LogP contribution is -1.92. The molecule has 0 bridgehead atoms. The molecule has 18 heavy (non-hydrogen) atoms. The molecule has 2 aromatic rings. The summed E-state index contributed by atoms with van der Waals surface area (Å²) in [4.78, 5) is 10.2. The molecule has 0 N–H and O–H groups in total. The van der Waals surface area contributed by atoms with Gasteiger partial charge in [0, 0.05) is 16.7 Å². The summed E-state index contributed by atoms with van der Waals surface area (Å²) in [5.74, 6) is 0.450. The third-order valence-corrected chi connectivity index (χ3v) is 2.77. The molecule has 2 aromatic carbocycles. The normalized spacial score (nSPS) is 10.1. The van der Waals surface area contributed by atoms with Crippen LogP contribution in [0.2, 0.25) is 5.02 Å². The van der Waals surface area contributed by atoms with Gasteiger partial charge in [0.1, 0.15) is 5.75 Å². The third-order valence-electron chi connectivity index (χ3n) is 2.53. The molecule has 0 heterocycles. The zero-order chi connectivity index (χ0) is 13.1. The first kappa shape index (κ1) is 12.4. The van der Waals surface area contributed by atoms with Crippen LogP contribution in [-0.2, 0) is 0 Å². The van der Waals surface area contributed by atoms with E-state index in [4.69, 9.17) is 16.3 Å². The number of ether oxygens (including phenoxy) is 1. The molecule has 0 amide bonds. The fraction of sp³-hybridized carbons (Fsp3) is 0.0769. The van der Waals surface area contributed by atoms with Crippen LogP contribution in [0.15, 0.2) is 42.5 Å². The number of nitro groups is 1. The number of benzene rings is 2. The second-order valence-corrected chi connectivity index (χ2v) is 4.09. The van der Waals surface area contributed by atoms with Crippen molar-refractivity contribution >= 4 is 17.3 Å². The fourth-order valence-corrected chi connectivity index (χ4v) is 1.88. The van der Waals surface area contributed by atoms with E-state index in [2.05, 4.69) is 0 Å². The highest BCUT2D eigenvalue weighted by Crippen LogP contribution is 2.34. The van der Waals surface area contributed by atoms with Gasteiger partial charge in [-0.05, 0) is 23.8 Å². The van der Waals surface area contributed by atoms with Crippen LogP contribution in [0.3, 0.4) is 0 Å². The second-order valence-electron chi connectivity index (χ2n) is 3.65. The summed E-state index contributed by atoms with van der Waals surface area (Å²) < 4.78 is 5.18. The van der Waals surface area contributed by atoms with E-state index in [0.717, 1.165) is 11.1 Å². The largest absolute Gasteiger partial charge is 0.496 e. The Kier molecular flexibility index (Phi) is 3.48. The average molecular weight is 264 g/mol. The highest BCUT2D eigenvalue weighted by atomic mass is 35.5. The van der Waals surface area contributed by atoms with Gasteiger partial charge in [-0.25, -0.2) is 0 Å². The minimum atomic E-state index is -0.454. The standard InChI is InChI=1S/C13H10ClNO3/c1-18-13-8-11(15(16)17)5-6-12(13)9-3-2-4-10(14)7-9/h2-8H,1H3. The fourth-order valence-electron chi connectivity index (χ4n) is 1.69. The monoisotopic (exact) mass is 263 g/mol. The number of nitrogens with zero attached hydrogens (tertiary/aromatic N) is 1. The minimum absolute atomic E-state index is 0.00220. The molecule has 5 heteroatoms. The zero-order valence-electron chi connectivity index (χ0n) is 9.59. The van der Waals surface area contributed by atoms with E-state index in [1.165, 1.54) is 19.2 Å². The van der Waals surface area contributed by atoms with Crippen LogP contribution >= 0.6 is 11.6 Å². The van der Waals surface area contributed by atoms with Crippen LogP contribution in [0.25, 0.3) is 11.1 Å². The van der Waals surface area contributed by atoms with E-state index in [0.29, 0.717) is 10.8 Å². The maximum atomic E-state index is 10.7. The maximum absolute atomic E-state index is 10.7. The van der Waals surface area contributed by atoms with Crippen molar-refractivity contribution in [1.82, 2.24) is 0 Å². The molecule has 0 aliphatic rings. The molecular formula is C13H10ClNO3. The molecule has 2 rings (SSSR count). The van der Waals surface area contributed by atoms with Gasteiger partial charge in [0.05, 0.1) is 18.1 Å². The predicted octanol–water partition coefficient (Wildman–Crippen LogP) is 3.92. The summed E-state index contributed by atoms with van der Waals surface area (Å²) >= 11 is 5.92. The number of nitro benzene ring substituents is 1. The molecule has 0 radical (unpaired) electrons. The summed E-state index contributed by atoms with van der Waals surface area (Å²) in [5.41, 5.74) is 1.62. The quantitative estimate of drug-likeness (QED) is 0.623. The highest BCUT2D eigenvalue weighted by molar-refractivity contribution is 6.30. The summed E-state index contributed by atoms with van der Waals surface area (Å²) in [6.07, 6.45) is 0. The molecular weight excluding hydrogens is 254 g/mol. The average Bonchev–Trinajstić information content (AvgIpc) is 2.37. The lowest BCUT2D eigenvalue weighted by Gasteiger charge is -2.08. The van der Waals surface area contributed by atoms with Gasteiger partial charge in [0.2, 0.25) is 0 Å². The Balaban J connectivity index is 2.54. The number of hydrogen-bond donors (Lipinski definition) is 0. The van der Waals surface area contributed by atoms with E-state index in [1.807, 2.05) is 12.1 Å². The lowest BCUT2D eigenvalue weighted by molar-refractivity contribution is -0.384. The van der Waals surface area contributed by atoms with E-state index < -0.39 is 4.92 Å². The third kappa shape index (κ3) is 2.43. The zero-order valence-corrected chi connectivity index (χ0v) is 10.3. The molecule has 0 saturated heterocycles. The molecule has 92 valence electrons. The lowest BCUT2D eigenvalue weighted by atomic mass is 10.0. The molecule has 0 atom stereocenters. The van der Waals surface area contributed by atoms with Crippen molar-refractivity contribution in [2.24, 2.45) is 0 Å². The summed E-state index contributed by atoms with van der Waals surface area (Å²) in [7, 11) is 1.48. The van der Waals surface area contributed by atoms with Crippen LogP contribution < -0.4 is 4.74 Å². The van der Waals surface area contributed by atoms with Gasteiger partial charge in [-0.3, -0.25) is 10.1 Å². The number of hydrogen-bond acceptors (Lipinski definition) is 3. The smallest absolute Gasteiger partial charge is 0.273 e. The number of methoxy groups -OCH3 is 1. The van der Waals surface area contributed by atoms with Crippen molar-refractivity contribution in [1.29, 1.82) is 0 Å². The second kappa shape index (κ2) is 5.06. The van der Waals surface area contributed by atoms with Crippen molar-refractivity contribution in [3.05, 3.63) is 57.6 Å². The van der Waals surface area contributed by atoms with Gasteiger partial charge in [-0.1, -0.05) is 23.7 Å². The number of halogens is 1. The van der Waals surface area contributed by atoms with Gasteiger partial charge in [-0.2, -0.15) is 0 Å². The Labute approximate surface area is 109 Å². The topological polar surface area (TPSA) is 52.4 Å². The first-order valence-corrected chi connectivity index (χ1v) is 5.58. The molecule has 4 nitrogen and oxygen atoms in total. The Morgan fingerprint density at radius 2 is 2.00 bits per heavy atom. The van der Waals surface area contributed by atoms with Crippen LogP contribution in [0.1, 0.15) is 0 Å². The highest BCUT2D eigenvalue weighted by Gasteiger charge is 2.12. The van der Waals surface area contributed by atoms with Crippen molar-refractivity contribution in [3.8, 4) is 16.9 Å². The molecule has 0 fully saturated rings. The molecule has 0 spiro atoms. The minimum Gasteiger partial charge on any atom is -0.496 e. The van der Waals surface area contributed by atoms with E-state index in [1.54, 1.807) is 18.2 Å². The molecule has 0 aliphatic carbocycles. The van der Waals surface area contributed by atoms with Crippen molar-refractivity contribution < 1.29 is 9.66 Å². The van der Waals surface area contributed by atoms with Crippen LogP contribution in [-0.4, -0.2) is 12.0 Å². The van der Waals surface area contributed by atoms with Gasteiger partial charge in [0.15, 0.2) is 0 Å². The molecule has 0 saturated carbocycles. The number of non-ortho nitro benzene ring substituents is 1. The van der Waals surface area contributed by atoms with Gasteiger partial charge >= 0.3 is 0 Å². The summed E-state index contributed by atoms with van der Waals surface area (Å²) in [6, 6.07) is 11.7. The predicted molar refractivity (Wildman–Crippen MR) is 70.1 cm³/mol. The number of rotatable bonds is 3.